The van der Waals surface area contributed by atoms with Crippen molar-refractivity contribution >= 4 is 23.2 Å². The average Bonchev–Trinajstić information content (AvgIpc) is 3.04. The standard InChI is InChI=1S/C15H14N2O2S/c1-15(11-6-3-2-4-7-11)13(18)17(14(20)16-15)10-12-8-5-9-19-12/h2-9H,10H2,1H3,(H,16,20). The van der Waals surface area contributed by atoms with E-state index in [0.717, 1.165) is 5.56 Å². The highest BCUT2D eigenvalue weighted by molar-refractivity contribution is 7.80. The lowest BCUT2D eigenvalue weighted by atomic mass is 9.92. The molecule has 0 bridgehead atoms. The van der Waals surface area contributed by atoms with Crippen LogP contribution in [0.25, 0.3) is 0 Å². The van der Waals surface area contributed by atoms with Gasteiger partial charge in [0.2, 0.25) is 0 Å². The molecule has 1 aromatic carbocycles. The van der Waals surface area contributed by atoms with Crippen LogP contribution >= 0.6 is 12.2 Å². The molecule has 2 heterocycles. The van der Waals surface area contributed by atoms with Crippen LogP contribution < -0.4 is 5.32 Å². The molecule has 0 saturated carbocycles. The minimum Gasteiger partial charge on any atom is -0.467 e. The third-order valence-electron chi connectivity index (χ3n) is 3.52. The van der Waals surface area contributed by atoms with Gasteiger partial charge in [-0.05, 0) is 36.8 Å². The van der Waals surface area contributed by atoms with Crippen LogP contribution in [0.3, 0.4) is 0 Å². The predicted octanol–water partition coefficient (Wildman–Crippen LogP) is 2.41. The number of rotatable bonds is 3. The Hall–Kier alpha value is -2.14. The van der Waals surface area contributed by atoms with Crippen molar-refractivity contribution in [2.24, 2.45) is 0 Å². The van der Waals surface area contributed by atoms with E-state index in [0.29, 0.717) is 17.4 Å². The fourth-order valence-electron chi connectivity index (χ4n) is 2.37. The Morgan fingerprint density at radius 3 is 2.65 bits per heavy atom. The van der Waals surface area contributed by atoms with Crippen LogP contribution in [0.4, 0.5) is 0 Å². The molecule has 1 fully saturated rings. The van der Waals surface area contributed by atoms with E-state index < -0.39 is 5.54 Å². The van der Waals surface area contributed by atoms with E-state index in [9.17, 15) is 4.79 Å². The zero-order chi connectivity index (χ0) is 14.2. The van der Waals surface area contributed by atoms with Crippen molar-refractivity contribution in [1.29, 1.82) is 0 Å². The van der Waals surface area contributed by atoms with E-state index >= 15 is 0 Å². The largest absolute Gasteiger partial charge is 0.467 e. The van der Waals surface area contributed by atoms with Gasteiger partial charge in [-0.25, -0.2) is 0 Å². The van der Waals surface area contributed by atoms with Crippen molar-refractivity contribution in [2.75, 3.05) is 0 Å². The van der Waals surface area contributed by atoms with Gasteiger partial charge in [-0.15, -0.1) is 0 Å². The number of hydrogen-bond acceptors (Lipinski definition) is 3. The van der Waals surface area contributed by atoms with E-state index in [4.69, 9.17) is 16.6 Å². The molecule has 2 aromatic rings. The van der Waals surface area contributed by atoms with Gasteiger partial charge >= 0.3 is 0 Å². The van der Waals surface area contributed by atoms with Crippen molar-refractivity contribution in [3.63, 3.8) is 0 Å². The second-order valence-electron chi connectivity index (χ2n) is 4.89. The molecule has 0 radical (unpaired) electrons. The number of furan rings is 1. The summed E-state index contributed by atoms with van der Waals surface area (Å²) in [5.41, 5.74) is 0.0829. The highest BCUT2D eigenvalue weighted by Gasteiger charge is 2.47. The van der Waals surface area contributed by atoms with Crippen molar-refractivity contribution < 1.29 is 9.21 Å². The van der Waals surface area contributed by atoms with Crippen LogP contribution in [0.2, 0.25) is 0 Å². The molecule has 1 N–H and O–H groups in total. The lowest BCUT2D eigenvalue weighted by Crippen LogP contribution is -2.40. The molecule has 20 heavy (non-hydrogen) atoms. The van der Waals surface area contributed by atoms with E-state index in [2.05, 4.69) is 5.32 Å². The lowest BCUT2D eigenvalue weighted by Gasteiger charge is -2.22. The summed E-state index contributed by atoms with van der Waals surface area (Å²) < 4.78 is 5.28. The lowest BCUT2D eigenvalue weighted by molar-refractivity contribution is -0.131. The third-order valence-corrected chi connectivity index (χ3v) is 3.84. The first-order valence-electron chi connectivity index (χ1n) is 6.33. The first-order chi connectivity index (χ1) is 9.61. The number of nitrogens with zero attached hydrogens (tertiary/aromatic N) is 1. The summed E-state index contributed by atoms with van der Waals surface area (Å²) in [6, 6.07) is 13.2. The van der Waals surface area contributed by atoms with E-state index in [1.165, 1.54) is 0 Å². The Bertz CT molecular complexity index is 639. The molecule has 3 rings (SSSR count). The number of benzene rings is 1. The number of hydrogen-bond donors (Lipinski definition) is 1. The molecule has 1 saturated heterocycles. The van der Waals surface area contributed by atoms with Gasteiger partial charge in [-0.2, -0.15) is 0 Å². The van der Waals surface area contributed by atoms with Gasteiger partial charge in [0, 0.05) is 0 Å². The molecule has 1 atom stereocenters. The summed E-state index contributed by atoms with van der Waals surface area (Å²) in [4.78, 5) is 14.2. The normalized spacial score (nSPS) is 22.1. The summed E-state index contributed by atoms with van der Waals surface area (Å²) in [6.45, 7) is 2.19. The van der Waals surface area contributed by atoms with Crippen molar-refractivity contribution in [3.8, 4) is 0 Å². The third kappa shape index (κ3) is 2.00. The molecule has 0 spiro atoms. The molecule has 0 aliphatic carbocycles. The van der Waals surface area contributed by atoms with Crippen LogP contribution in [0.15, 0.2) is 53.1 Å². The molecular weight excluding hydrogens is 272 g/mol. The van der Waals surface area contributed by atoms with Crippen molar-refractivity contribution in [3.05, 3.63) is 60.1 Å². The Kier molecular flexibility index (Phi) is 3.06. The Balaban J connectivity index is 1.90. The maximum absolute atomic E-state index is 12.7. The summed E-state index contributed by atoms with van der Waals surface area (Å²) in [7, 11) is 0. The minimum atomic E-state index is -0.815. The SMILES string of the molecule is CC1(c2ccccc2)NC(=S)N(Cc2ccco2)C1=O. The Morgan fingerprint density at radius 1 is 1.25 bits per heavy atom. The van der Waals surface area contributed by atoms with Gasteiger partial charge in [-0.1, -0.05) is 30.3 Å². The summed E-state index contributed by atoms with van der Waals surface area (Å²) in [5, 5.41) is 3.55. The highest BCUT2D eigenvalue weighted by Crippen LogP contribution is 2.29. The number of carbonyl (C=O) groups excluding carboxylic acids is 1. The van der Waals surface area contributed by atoms with Gasteiger partial charge < -0.3 is 9.73 Å². The van der Waals surface area contributed by atoms with Crippen molar-refractivity contribution in [2.45, 2.75) is 19.0 Å². The maximum Gasteiger partial charge on any atom is 0.259 e. The predicted molar refractivity (Wildman–Crippen MR) is 78.8 cm³/mol. The summed E-state index contributed by atoms with van der Waals surface area (Å²) in [5.74, 6) is 0.643. The summed E-state index contributed by atoms with van der Waals surface area (Å²) in [6.07, 6.45) is 1.59. The minimum absolute atomic E-state index is 0.0647. The molecule has 1 aliphatic rings. The quantitative estimate of drug-likeness (QED) is 0.880. The van der Waals surface area contributed by atoms with E-state index in [-0.39, 0.29) is 5.91 Å². The van der Waals surface area contributed by atoms with Gasteiger partial charge in [0.05, 0.1) is 12.8 Å². The molecule has 1 amide bonds. The van der Waals surface area contributed by atoms with E-state index in [1.807, 2.05) is 43.3 Å². The molecule has 5 heteroatoms. The van der Waals surface area contributed by atoms with Crippen LogP contribution in [-0.2, 0) is 16.9 Å². The molecule has 1 unspecified atom stereocenters. The van der Waals surface area contributed by atoms with Crippen LogP contribution in [-0.4, -0.2) is 15.9 Å². The first kappa shape index (κ1) is 12.9. The number of nitrogens with one attached hydrogen (secondary N) is 1. The van der Waals surface area contributed by atoms with Crippen LogP contribution in [0.5, 0.6) is 0 Å². The zero-order valence-corrected chi connectivity index (χ0v) is 11.8. The Labute approximate surface area is 122 Å². The van der Waals surface area contributed by atoms with Crippen molar-refractivity contribution in [1.82, 2.24) is 10.2 Å². The van der Waals surface area contributed by atoms with Gasteiger partial charge in [0.15, 0.2) is 5.11 Å². The maximum atomic E-state index is 12.7. The molecule has 1 aromatic heterocycles. The molecular formula is C15H14N2O2S. The second-order valence-corrected chi connectivity index (χ2v) is 5.28. The van der Waals surface area contributed by atoms with Gasteiger partial charge in [-0.3, -0.25) is 9.69 Å². The number of carbonyl (C=O) groups is 1. The van der Waals surface area contributed by atoms with E-state index in [1.54, 1.807) is 17.2 Å². The topological polar surface area (TPSA) is 45.5 Å². The van der Waals surface area contributed by atoms with Gasteiger partial charge in [0.25, 0.3) is 5.91 Å². The number of amides is 1. The molecule has 1 aliphatic heterocycles. The fourth-order valence-corrected chi connectivity index (χ4v) is 2.72. The van der Waals surface area contributed by atoms with Gasteiger partial charge in [0.1, 0.15) is 11.3 Å². The smallest absolute Gasteiger partial charge is 0.259 e. The fraction of sp³-hybridized carbons (Fsp3) is 0.200. The molecule has 102 valence electrons. The average molecular weight is 286 g/mol. The summed E-state index contributed by atoms with van der Waals surface area (Å²) >= 11 is 5.29. The second kappa shape index (κ2) is 4.76. The first-order valence-corrected chi connectivity index (χ1v) is 6.74. The number of thiocarbonyl (C=S) groups is 1. The monoisotopic (exact) mass is 286 g/mol. The van der Waals surface area contributed by atoms with Crippen LogP contribution in [0, 0.1) is 0 Å². The van der Waals surface area contributed by atoms with Crippen LogP contribution in [0.1, 0.15) is 18.2 Å². The molecule has 4 nitrogen and oxygen atoms in total. The highest BCUT2D eigenvalue weighted by atomic mass is 32.1. The zero-order valence-electron chi connectivity index (χ0n) is 11.0. The Morgan fingerprint density at radius 2 is 2.00 bits per heavy atom.